The lowest BCUT2D eigenvalue weighted by Gasteiger charge is -2.22. The molecule has 0 N–H and O–H groups in total. The van der Waals surface area contributed by atoms with E-state index in [9.17, 15) is 4.79 Å². The molecule has 1 unspecified atom stereocenters. The van der Waals surface area contributed by atoms with E-state index in [1.165, 1.54) is 77.0 Å². The summed E-state index contributed by atoms with van der Waals surface area (Å²) in [6.07, 6.45) is 25.4. The van der Waals surface area contributed by atoms with Crippen molar-refractivity contribution in [3.63, 3.8) is 0 Å². The zero-order valence-electron chi connectivity index (χ0n) is 17.9. The Balaban J connectivity index is 1.78. The van der Waals surface area contributed by atoms with Crippen molar-refractivity contribution in [3.8, 4) is 0 Å². The Kier molecular flexibility index (Phi) is 16.6. The van der Waals surface area contributed by atoms with E-state index in [0.29, 0.717) is 13.0 Å². The van der Waals surface area contributed by atoms with Gasteiger partial charge < -0.3 is 9.47 Å². The van der Waals surface area contributed by atoms with Crippen LogP contribution in [0.15, 0.2) is 12.2 Å². The second-order valence-corrected chi connectivity index (χ2v) is 8.01. The molecular formula is C24H44O3. The lowest BCUT2D eigenvalue weighted by molar-refractivity contribution is -0.149. The average Bonchev–Trinajstić information content (AvgIpc) is 2.70. The molecule has 0 radical (unpaired) electrons. The molecule has 3 heteroatoms. The Morgan fingerprint density at radius 2 is 1.52 bits per heavy atom. The highest BCUT2D eigenvalue weighted by molar-refractivity contribution is 5.69. The maximum absolute atomic E-state index is 11.7. The maximum Gasteiger partial charge on any atom is 0.305 e. The molecule has 0 aromatic rings. The van der Waals surface area contributed by atoms with Crippen molar-refractivity contribution >= 4 is 5.97 Å². The summed E-state index contributed by atoms with van der Waals surface area (Å²) in [5.74, 6) is -0.0539. The molecular weight excluding hydrogens is 336 g/mol. The van der Waals surface area contributed by atoms with Crippen LogP contribution in [0, 0.1) is 0 Å². The summed E-state index contributed by atoms with van der Waals surface area (Å²) in [6, 6.07) is 0. The highest BCUT2D eigenvalue weighted by Crippen LogP contribution is 2.14. The number of esters is 1. The van der Waals surface area contributed by atoms with Crippen LogP contribution in [0.4, 0.5) is 0 Å². The molecule has 1 fully saturated rings. The largest absolute Gasteiger partial charge is 0.463 e. The highest BCUT2D eigenvalue weighted by atomic mass is 16.6. The first-order valence-electron chi connectivity index (χ1n) is 11.7. The van der Waals surface area contributed by atoms with Gasteiger partial charge in [0.2, 0.25) is 0 Å². The Labute approximate surface area is 168 Å². The van der Waals surface area contributed by atoms with Gasteiger partial charge >= 0.3 is 5.97 Å². The number of unbranched alkanes of at least 4 members (excludes halogenated alkanes) is 11. The van der Waals surface area contributed by atoms with Gasteiger partial charge in [-0.25, -0.2) is 0 Å². The van der Waals surface area contributed by atoms with E-state index in [0.717, 1.165) is 32.3 Å². The minimum Gasteiger partial charge on any atom is -0.463 e. The third-order valence-corrected chi connectivity index (χ3v) is 5.35. The molecule has 1 rings (SSSR count). The summed E-state index contributed by atoms with van der Waals surface area (Å²) in [5.41, 5.74) is 0. The molecule has 1 saturated heterocycles. The van der Waals surface area contributed by atoms with Crippen LogP contribution >= 0.6 is 0 Å². The smallest absolute Gasteiger partial charge is 0.305 e. The zero-order valence-corrected chi connectivity index (χ0v) is 17.9. The quantitative estimate of drug-likeness (QED) is 0.153. The molecule has 1 heterocycles. The maximum atomic E-state index is 11.7. The molecule has 0 aliphatic carbocycles. The molecule has 27 heavy (non-hydrogen) atoms. The summed E-state index contributed by atoms with van der Waals surface area (Å²) < 4.78 is 10.9. The molecule has 0 amide bonds. The molecule has 1 aliphatic heterocycles. The van der Waals surface area contributed by atoms with E-state index >= 15 is 0 Å². The first-order valence-corrected chi connectivity index (χ1v) is 11.7. The van der Waals surface area contributed by atoms with Crippen LogP contribution in [-0.2, 0) is 14.3 Å². The summed E-state index contributed by atoms with van der Waals surface area (Å²) in [4.78, 5) is 11.7. The van der Waals surface area contributed by atoms with Crippen molar-refractivity contribution < 1.29 is 14.3 Å². The van der Waals surface area contributed by atoms with Gasteiger partial charge in [-0.3, -0.25) is 4.79 Å². The van der Waals surface area contributed by atoms with E-state index < -0.39 is 0 Å². The van der Waals surface area contributed by atoms with E-state index in [4.69, 9.17) is 9.47 Å². The number of hydrogen-bond donors (Lipinski definition) is 0. The second kappa shape index (κ2) is 18.5. The fourth-order valence-corrected chi connectivity index (χ4v) is 3.54. The SMILES string of the molecule is CCCCCCCCC=CCCCCCCCC(=O)OCC1CCCCO1. The molecule has 0 aromatic heterocycles. The zero-order chi connectivity index (χ0) is 19.4. The van der Waals surface area contributed by atoms with Gasteiger partial charge in [-0.2, -0.15) is 0 Å². The van der Waals surface area contributed by atoms with E-state index in [-0.39, 0.29) is 12.1 Å². The number of carbonyl (C=O) groups is 1. The van der Waals surface area contributed by atoms with Crippen LogP contribution in [0.25, 0.3) is 0 Å². The topological polar surface area (TPSA) is 35.5 Å². The van der Waals surface area contributed by atoms with E-state index in [1.54, 1.807) is 0 Å². The lowest BCUT2D eigenvalue weighted by Crippen LogP contribution is -2.25. The fourth-order valence-electron chi connectivity index (χ4n) is 3.54. The standard InChI is InChI=1S/C24H44O3/c1-2-3-4-5-6-7-8-9-10-11-12-13-14-15-16-20-24(25)27-22-23-19-17-18-21-26-23/h9-10,23H,2-8,11-22H2,1H3. The van der Waals surface area contributed by atoms with Crippen molar-refractivity contribution in [2.75, 3.05) is 13.2 Å². The minimum absolute atomic E-state index is 0.0539. The van der Waals surface area contributed by atoms with Gasteiger partial charge in [0, 0.05) is 13.0 Å². The monoisotopic (exact) mass is 380 g/mol. The second-order valence-electron chi connectivity index (χ2n) is 8.01. The van der Waals surface area contributed by atoms with E-state index in [1.807, 2.05) is 0 Å². The molecule has 0 spiro atoms. The molecule has 3 nitrogen and oxygen atoms in total. The number of ether oxygens (including phenoxy) is 2. The predicted molar refractivity (Wildman–Crippen MR) is 114 cm³/mol. The lowest BCUT2D eigenvalue weighted by atomic mass is 10.1. The molecule has 0 saturated carbocycles. The van der Waals surface area contributed by atoms with Crippen molar-refractivity contribution in [2.24, 2.45) is 0 Å². The highest BCUT2D eigenvalue weighted by Gasteiger charge is 2.15. The van der Waals surface area contributed by atoms with Gasteiger partial charge in [0.15, 0.2) is 0 Å². The fraction of sp³-hybridized carbons (Fsp3) is 0.875. The van der Waals surface area contributed by atoms with Crippen LogP contribution in [0.5, 0.6) is 0 Å². The van der Waals surface area contributed by atoms with Gasteiger partial charge in [0.25, 0.3) is 0 Å². The van der Waals surface area contributed by atoms with E-state index in [2.05, 4.69) is 19.1 Å². The predicted octanol–water partition coefficient (Wildman–Crippen LogP) is 7.14. The molecule has 158 valence electrons. The van der Waals surface area contributed by atoms with Crippen LogP contribution in [0.3, 0.4) is 0 Å². The van der Waals surface area contributed by atoms with Crippen LogP contribution < -0.4 is 0 Å². The Morgan fingerprint density at radius 1 is 0.889 bits per heavy atom. The van der Waals surface area contributed by atoms with Gasteiger partial charge in [-0.05, 0) is 51.4 Å². The summed E-state index contributed by atoms with van der Waals surface area (Å²) >= 11 is 0. The third-order valence-electron chi connectivity index (χ3n) is 5.35. The molecule has 1 atom stereocenters. The van der Waals surface area contributed by atoms with Crippen LogP contribution in [-0.4, -0.2) is 25.3 Å². The Bertz CT molecular complexity index is 359. The summed E-state index contributed by atoms with van der Waals surface area (Å²) in [7, 11) is 0. The summed E-state index contributed by atoms with van der Waals surface area (Å²) in [6.45, 7) is 3.53. The minimum atomic E-state index is -0.0539. The van der Waals surface area contributed by atoms with Crippen molar-refractivity contribution in [2.45, 2.75) is 122 Å². The van der Waals surface area contributed by atoms with Crippen molar-refractivity contribution in [1.29, 1.82) is 0 Å². The van der Waals surface area contributed by atoms with Gasteiger partial charge in [-0.1, -0.05) is 70.4 Å². The molecule has 0 aromatic carbocycles. The average molecular weight is 381 g/mol. The number of allylic oxidation sites excluding steroid dienone is 2. The van der Waals surface area contributed by atoms with Gasteiger partial charge in [0.05, 0.1) is 6.10 Å². The number of carbonyl (C=O) groups excluding carboxylic acids is 1. The number of rotatable bonds is 17. The third kappa shape index (κ3) is 15.9. The summed E-state index contributed by atoms with van der Waals surface area (Å²) in [5, 5.41) is 0. The molecule has 0 bridgehead atoms. The number of hydrogen-bond acceptors (Lipinski definition) is 3. The van der Waals surface area contributed by atoms with Crippen LogP contribution in [0.2, 0.25) is 0 Å². The molecule has 1 aliphatic rings. The van der Waals surface area contributed by atoms with Gasteiger partial charge in [0.1, 0.15) is 6.61 Å². The first kappa shape index (κ1) is 24.2. The first-order chi connectivity index (χ1) is 13.3. The normalized spacial score (nSPS) is 17.4. The Morgan fingerprint density at radius 3 is 2.15 bits per heavy atom. The van der Waals surface area contributed by atoms with Gasteiger partial charge in [-0.15, -0.1) is 0 Å². The van der Waals surface area contributed by atoms with Crippen LogP contribution in [0.1, 0.15) is 116 Å². The Hall–Kier alpha value is -0.830. The van der Waals surface area contributed by atoms with Crippen molar-refractivity contribution in [3.05, 3.63) is 12.2 Å². The van der Waals surface area contributed by atoms with Crippen molar-refractivity contribution in [1.82, 2.24) is 0 Å².